The van der Waals surface area contributed by atoms with Gasteiger partial charge in [0.15, 0.2) is 0 Å². The first-order valence-electron chi connectivity index (χ1n) is 7.11. The molecule has 5 heteroatoms. The van der Waals surface area contributed by atoms with E-state index < -0.39 is 5.97 Å². The monoisotopic (exact) mass is 288 g/mol. The molecule has 21 heavy (non-hydrogen) atoms. The summed E-state index contributed by atoms with van der Waals surface area (Å²) in [6, 6.07) is 9.24. The minimum Gasteiger partial charge on any atom is -0.487 e. The normalized spacial score (nSPS) is 10.6. The number of hydrogen-bond acceptors (Lipinski definition) is 3. The molecule has 1 N–H and O–H groups in total. The summed E-state index contributed by atoms with van der Waals surface area (Å²) in [6.07, 6.45) is 0.901. The maximum absolute atomic E-state index is 10.7. The molecule has 0 amide bonds. The first-order valence-corrected chi connectivity index (χ1v) is 7.11. The molecule has 2 aromatic rings. The van der Waals surface area contributed by atoms with E-state index in [1.807, 2.05) is 29.8 Å². The number of benzene rings is 1. The van der Waals surface area contributed by atoms with Crippen LogP contribution in [-0.2, 0) is 30.8 Å². The highest BCUT2D eigenvalue weighted by Crippen LogP contribution is 2.16. The Hall–Kier alpha value is -2.30. The van der Waals surface area contributed by atoms with Gasteiger partial charge in [0, 0.05) is 6.54 Å². The Bertz CT molecular complexity index is 620. The smallest absolute Gasteiger partial charge is 0.307 e. The molecule has 0 spiro atoms. The van der Waals surface area contributed by atoms with Gasteiger partial charge in [-0.3, -0.25) is 9.48 Å². The Balaban J connectivity index is 2.05. The van der Waals surface area contributed by atoms with Crippen molar-refractivity contribution in [1.29, 1.82) is 0 Å². The zero-order valence-electron chi connectivity index (χ0n) is 12.4. The van der Waals surface area contributed by atoms with Crippen molar-refractivity contribution in [3.8, 4) is 5.75 Å². The van der Waals surface area contributed by atoms with Crippen LogP contribution >= 0.6 is 0 Å². The number of carbonyl (C=O) groups is 1. The lowest BCUT2D eigenvalue weighted by molar-refractivity contribution is -0.136. The predicted octanol–water partition coefficient (Wildman–Crippen LogP) is 2.67. The van der Waals surface area contributed by atoms with Gasteiger partial charge in [0.05, 0.1) is 17.8 Å². The van der Waals surface area contributed by atoms with Crippen LogP contribution in [0.1, 0.15) is 30.8 Å². The lowest BCUT2D eigenvalue weighted by Crippen LogP contribution is -2.06. The highest BCUT2D eigenvalue weighted by Gasteiger charge is 2.07. The van der Waals surface area contributed by atoms with Crippen molar-refractivity contribution in [2.24, 2.45) is 0 Å². The number of nitrogens with zero attached hydrogens (tertiary/aromatic N) is 2. The molecule has 1 aromatic carbocycles. The molecule has 0 saturated carbocycles. The summed E-state index contributed by atoms with van der Waals surface area (Å²) in [6.45, 7) is 5.35. The number of aliphatic carboxylic acids is 1. The quantitative estimate of drug-likeness (QED) is 0.850. The second-order valence-corrected chi connectivity index (χ2v) is 4.80. The largest absolute Gasteiger partial charge is 0.487 e. The van der Waals surface area contributed by atoms with E-state index in [9.17, 15) is 4.79 Å². The van der Waals surface area contributed by atoms with Crippen LogP contribution in [0.3, 0.4) is 0 Å². The number of aromatic nitrogens is 2. The maximum Gasteiger partial charge on any atom is 0.307 e. The summed E-state index contributed by atoms with van der Waals surface area (Å²) in [7, 11) is 0. The lowest BCUT2D eigenvalue weighted by atomic mass is 10.1. The van der Waals surface area contributed by atoms with E-state index in [0.29, 0.717) is 12.4 Å². The highest BCUT2D eigenvalue weighted by atomic mass is 16.5. The molecule has 0 aliphatic carbocycles. The molecule has 1 aromatic heterocycles. The SMILES string of the molecule is CCc1cc(COc2cccc(CC(=O)O)c2)n(CC)n1. The van der Waals surface area contributed by atoms with E-state index in [-0.39, 0.29) is 6.42 Å². The molecule has 1 heterocycles. The first kappa shape index (κ1) is 15.1. The van der Waals surface area contributed by atoms with Crippen LogP contribution in [0.15, 0.2) is 30.3 Å². The van der Waals surface area contributed by atoms with Gasteiger partial charge in [-0.2, -0.15) is 5.10 Å². The second-order valence-electron chi connectivity index (χ2n) is 4.80. The molecule has 0 aliphatic rings. The number of ether oxygens (including phenoxy) is 1. The van der Waals surface area contributed by atoms with Crippen LogP contribution in [0, 0.1) is 0 Å². The molecular weight excluding hydrogens is 268 g/mol. The van der Waals surface area contributed by atoms with Gasteiger partial charge >= 0.3 is 5.97 Å². The fraction of sp³-hybridized carbons (Fsp3) is 0.375. The topological polar surface area (TPSA) is 64.3 Å². The third-order valence-electron chi connectivity index (χ3n) is 3.22. The maximum atomic E-state index is 10.7. The molecule has 5 nitrogen and oxygen atoms in total. The van der Waals surface area contributed by atoms with Crippen molar-refractivity contribution >= 4 is 5.97 Å². The van der Waals surface area contributed by atoms with Crippen molar-refractivity contribution < 1.29 is 14.6 Å². The summed E-state index contributed by atoms with van der Waals surface area (Å²) in [5.41, 5.74) is 2.81. The zero-order chi connectivity index (χ0) is 15.2. The lowest BCUT2D eigenvalue weighted by Gasteiger charge is -2.08. The predicted molar refractivity (Wildman–Crippen MR) is 79.4 cm³/mol. The van der Waals surface area contributed by atoms with Crippen LogP contribution in [0.25, 0.3) is 0 Å². The summed E-state index contributed by atoms with van der Waals surface area (Å²) >= 11 is 0. The summed E-state index contributed by atoms with van der Waals surface area (Å²) in [5.74, 6) is -0.167. The fourth-order valence-electron chi connectivity index (χ4n) is 2.15. The Morgan fingerprint density at radius 3 is 2.81 bits per heavy atom. The van der Waals surface area contributed by atoms with Crippen molar-refractivity contribution in [3.05, 3.63) is 47.3 Å². The summed E-state index contributed by atoms with van der Waals surface area (Å²) in [5, 5.41) is 13.3. The zero-order valence-corrected chi connectivity index (χ0v) is 12.4. The third-order valence-corrected chi connectivity index (χ3v) is 3.22. The van der Waals surface area contributed by atoms with E-state index in [1.165, 1.54) is 0 Å². The molecule has 0 radical (unpaired) electrons. The highest BCUT2D eigenvalue weighted by molar-refractivity contribution is 5.70. The van der Waals surface area contributed by atoms with Gasteiger partial charge in [0.25, 0.3) is 0 Å². The average molecular weight is 288 g/mol. The number of rotatable bonds is 7. The average Bonchev–Trinajstić information content (AvgIpc) is 2.87. The molecule has 0 unspecified atom stereocenters. The van der Waals surface area contributed by atoms with E-state index in [0.717, 1.165) is 29.9 Å². The van der Waals surface area contributed by atoms with Crippen LogP contribution < -0.4 is 4.74 Å². The van der Waals surface area contributed by atoms with E-state index in [1.54, 1.807) is 12.1 Å². The van der Waals surface area contributed by atoms with Gasteiger partial charge in [-0.05, 0) is 37.1 Å². The molecule has 0 fully saturated rings. The summed E-state index contributed by atoms with van der Waals surface area (Å²) in [4.78, 5) is 10.7. The minimum absolute atomic E-state index is 0.00404. The first-order chi connectivity index (χ1) is 10.1. The van der Waals surface area contributed by atoms with Crippen molar-refractivity contribution in [3.63, 3.8) is 0 Å². The van der Waals surface area contributed by atoms with Crippen molar-refractivity contribution in [2.75, 3.05) is 0 Å². The van der Waals surface area contributed by atoms with Gasteiger partial charge in [-0.1, -0.05) is 19.1 Å². The van der Waals surface area contributed by atoms with Crippen molar-refractivity contribution in [1.82, 2.24) is 9.78 Å². The molecular formula is C16H20N2O3. The van der Waals surface area contributed by atoms with Crippen molar-refractivity contribution in [2.45, 2.75) is 39.8 Å². The number of hydrogen-bond donors (Lipinski definition) is 1. The number of carboxylic acids is 1. The van der Waals surface area contributed by atoms with E-state index in [4.69, 9.17) is 9.84 Å². The fourth-order valence-corrected chi connectivity index (χ4v) is 2.15. The Morgan fingerprint density at radius 1 is 1.33 bits per heavy atom. The van der Waals surface area contributed by atoms with Gasteiger partial charge in [0.2, 0.25) is 0 Å². The van der Waals surface area contributed by atoms with Crippen LogP contribution in [0.5, 0.6) is 5.75 Å². The minimum atomic E-state index is -0.844. The molecule has 0 atom stereocenters. The molecule has 112 valence electrons. The standard InChI is InChI=1S/C16H20N2O3/c1-3-13-10-14(18(4-2)17-13)11-21-15-7-5-6-12(8-15)9-16(19)20/h5-8,10H,3-4,9,11H2,1-2H3,(H,19,20). The molecule has 0 bridgehead atoms. The Labute approximate surface area is 124 Å². The number of carboxylic acid groups (broad SMARTS) is 1. The molecule has 2 rings (SSSR count). The number of aryl methyl sites for hydroxylation is 2. The summed E-state index contributed by atoms with van der Waals surface area (Å²) < 4.78 is 7.69. The van der Waals surface area contributed by atoms with Gasteiger partial charge in [-0.15, -0.1) is 0 Å². The molecule has 0 saturated heterocycles. The third kappa shape index (κ3) is 4.08. The van der Waals surface area contributed by atoms with Crippen LogP contribution in [-0.4, -0.2) is 20.9 Å². The Kier molecular flexibility index (Phi) is 4.98. The van der Waals surface area contributed by atoms with E-state index >= 15 is 0 Å². The Morgan fingerprint density at radius 2 is 2.14 bits per heavy atom. The van der Waals surface area contributed by atoms with Gasteiger partial charge < -0.3 is 9.84 Å². The van der Waals surface area contributed by atoms with Gasteiger partial charge in [-0.25, -0.2) is 0 Å². The van der Waals surface area contributed by atoms with Crippen LogP contribution in [0.4, 0.5) is 0 Å². The van der Waals surface area contributed by atoms with E-state index in [2.05, 4.69) is 12.0 Å². The van der Waals surface area contributed by atoms with Crippen LogP contribution in [0.2, 0.25) is 0 Å². The second kappa shape index (κ2) is 6.92. The van der Waals surface area contributed by atoms with Gasteiger partial charge in [0.1, 0.15) is 12.4 Å². The molecule has 0 aliphatic heterocycles.